The maximum Gasteiger partial charge on any atom is 0.212 e. The molecule has 0 aliphatic rings. The second-order valence-corrected chi connectivity index (χ2v) is 8.30. The maximum atomic E-state index is 6.20. The van der Waals surface area contributed by atoms with Crippen LogP contribution in [-0.4, -0.2) is 21.1 Å². The number of nitrogens with zero attached hydrogens (tertiary/aromatic N) is 4. The predicted molar refractivity (Wildman–Crippen MR) is 109 cm³/mol. The predicted octanol–water partition coefficient (Wildman–Crippen LogP) is 5.40. The summed E-state index contributed by atoms with van der Waals surface area (Å²) in [5.74, 6) is 0.716. The molecule has 3 aromatic rings. The molecule has 0 radical (unpaired) electrons. The number of aromatic nitrogens is 3. The van der Waals surface area contributed by atoms with Crippen molar-refractivity contribution in [3.8, 4) is 0 Å². The normalized spacial score (nSPS) is 12.0. The van der Waals surface area contributed by atoms with Gasteiger partial charge in [0.05, 0.1) is 6.21 Å². The van der Waals surface area contributed by atoms with Gasteiger partial charge in [-0.3, -0.25) is 0 Å². The fourth-order valence-electron chi connectivity index (χ4n) is 2.35. The average Bonchev–Trinajstić information content (AvgIpc) is 3.06. The molecule has 0 amide bonds. The topological polar surface area (TPSA) is 43.1 Å². The minimum absolute atomic E-state index is 0.145. The third kappa shape index (κ3) is 4.74. The zero-order valence-electron chi connectivity index (χ0n) is 15.1. The number of benzene rings is 2. The molecule has 0 bridgehead atoms. The van der Waals surface area contributed by atoms with E-state index >= 15 is 0 Å². The summed E-state index contributed by atoms with van der Waals surface area (Å²) in [5, 5.41) is 14.1. The van der Waals surface area contributed by atoms with E-state index in [-0.39, 0.29) is 5.41 Å². The van der Waals surface area contributed by atoms with Gasteiger partial charge in [-0.05, 0) is 28.2 Å². The molecule has 0 aliphatic carbocycles. The van der Waals surface area contributed by atoms with E-state index in [4.69, 9.17) is 11.6 Å². The number of rotatable bonds is 5. The summed E-state index contributed by atoms with van der Waals surface area (Å²) < 4.78 is 1.68. The van der Waals surface area contributed by atoms with Gasteiger partial charge in [-0.25, -0.2) is 0 Å². The van der Waals surface area contributed by atoms with E-state index in [1.54, 1.807) is 22.8 Å². The summed E-state index contributed by atoms with van der Waals surface area (Å²) in [4.78, 5) is 0. The van der Waals surface area contributed by atoms with Crippen LogP contribution < -0.4 is 0 Å². The summed E-state index contributed by atoms with van der Waals surface area (Å²) in [5.41, 5.74) is 3.55. The first kappa shape index (κ1) is 18.7. The Balaban J connectivity index is 1.68. The lowest BCUT2D eigenvalue weighted by molar-refractivity contribution is 0.590. The summed E-state index contributed by atoms with van der Waals surface area (Å²) in [6.45, 7) is 6.61. The Morgan fingerprint density at radius 3 is 2.54 bits per heavy atom. The maximum absolute atomic E-state index is 6.20. The van der Waals surface area contributed by atoms with Crippen LogP contribution in [0.25, 0.3) is 0 Å². The average molecular weight is 385 g/mol. The van der Waals surface area contributed by atoms with Gasteiger partial charge in [-0.2, -0.15) is 9.78 Å². The van der Waals surface area contributed by atoms with Gasteiger partial charge >= 0.3 is 0 Å². The van der Waals surface area contributed by atoms with Crippen LogP contribution in [0.2, 0.25) is 5.02 Å². The summed E-state index contributed by atoms with van der Waals surface area (Å²) in [7, 11) is 0. The lowest BCUT2D eigenvalue weighted by atomic mass is 9.87. The van der Waals surface area contributed by atoms with E-state index in [1.807, 2.05) is 30.5 Å². The molecule has 134 valence electrons. The van der Waals surface area contributed by atoms with Crippen LogP contribution in [0.4, 0.5) is 0 Å². The van der Waals surface area contributed by atoms with Crippen molar-refractivity contribution in [2.45, 2.75) is 37.1 Å². The molecular formula is C20H21ClN4S. The number of thioether (sulfide) groups is 1. The molecule has 0 unspecified atom stereocenters. The van der Waals surface area contributed by atoms with Crippen molar-refractivity contribution in [1.29, 1.82) is 0 Å². The molecule has 0 spiro atoms. The van der Waals surface area contributed by atoms with Crippen LogP contribution in [0.3, 0.4) is 0 Å². The molecule has 0 N–H and O–H groups in total. The Labute approximate surface area is 163 Å². The summed E-state index contributed by atoms with van der Waals surface area (Å²) in [6.07, 6.45) is 3.42. The van der Waals surface area contributed by atoms with Gasteiger partial charge in [0.15, 0.2) is 0 Å². The van der Waals surface area contributed by atoms with E-state index in [9.17, 15) is 0 Å². The van der Waals surface area contributed by atoms with Crippen molar-refractivity contribution in [1.82, 2.24) is 14.9 Å². The molecule has 0 atom stereocenters. The minimum Gasteiger partial charge on any atom is -0.195 e. The molecule has 2 aromatic carbocycles. The zero-order valence-corrected chi connectivity index (χ0v) is 16.6. The van der Waals surface area contributed by atoms with Crippen LogP contribution in [0.1, 0.15) is 37.5 Å². The first-order valence-corrected chi connectivity index (χ1v) is 9.71. The second kappa shape index (κ2) is 8.06. The largest absolute Gasteiger partial charge is 0.212 e. The first-order valence-electron chi connectivity index (χ1n) is 8.34. The first-order chi connectivity index (χ1) is 12.4. The highest BCUT2D eigenvalue weighted by molar-refractivity contribution is 7.98. The van der Waals surface area contributed by atoms with Crippen molar-refractivity contribution in [3.63, 3.8) is 0 Å². The molecular weight excluding hydrogens is 364 g/mol. The molecule has 26 heavy (non-hydrogen) atoms. The van der Waals surface area contributed by atoms with E-state index in [0.29, 0.717) is 5.75 Å². The van der Waals surface area contributed by atoms with E-state index in [1.165, 1.54) is 5.56 Å². The molecule has 1 aromatic heterocycles. The van der Waals surface area contributed by atoms with E-state index < -0.39 is 0 Å². The Morgan fingerprint density at radius 1 is 1.12 bits per heavy atom. The molecule has 0 saturated carbocycles. The fraction of sp³-hybridized carbons (Fsp3) is 0.250. The third-order valence-electron chi connectivity index (χ3n) is 3.92. The number of halogens is 1. The van der Waals surface area contributed by atoms with Crippen molar-refractivity contribution < 1.29 is 0 Å². The molecule has 0 aliphatic heterocycles. The van der Waals surface area contributed by atoms with Gasteiger partial charge in [0.1, 0.15) is 6.33 Å². The highest BCUT2D eigenvalue weighted by Crippen LogP contribution is 2.25. The minimum atomic E-state index is 0.145. The van der Waals surface area contributed by atoms with Crippen LogP contribution in [0.15, 0.2) is 65.1 Å². The summed E-state index contributed by atoms with van der Waals surface area (Å²) in [6, 6.07) is 16.2. The van der Waals surface area contributed by atoms with Gasteiger partial charge < -0.3 is 0 Å². The summed E-state index contributed by atoms with van der Waals surface area (Å²) >= 11 is 7.76. The standard InChI is InChI=1S/C20H21ClN4S/c1-20(2,3)17-10-8-15(9-11-17)12-23-25-14-22-24-19(25)26-13-16-6-4-5-7-18(16)21/h4-12,14H,13H2,1-3H3/b23-12+. The Kier molecular flexibility index (Phi) is 5.79. The molecule has 3 rings (SSSR count). The van der Waals surface area contributed by atoms with E-state index in [2.05, 4.69) is 60.3 Å². The highest BCUT2D eigenvalue weighted by atomic mass is 35.5. The van der Waals surface area contributed by atoms with Gasteiger partial charge in [0, 0.05) is 10.8 Å². The molecule has 6 heteroatoms. The van der Waals surface area contributed by atoms with Crippen LogP contribution in [0, 0.1) is 0 Å². The highest BCUT2D eigenvalue weighted by Gasteiger charge is 2.12. The lowest BCUT2D eigenvalue weighted by Crippen LogP contribution is -2.10. The Hall–Kier alpha value is -2.11. The number of hydrogen-bond acceptors (Lipinski definition) is 4. The van der Waals surface area contributed by atoms with Crippen molar-refractivity contribution >= 4 is 29.6 Å². The zero-order chi connectivity index (χ0) is 18.6. The quantitative estimate of drug-likeness (QED) is 0.436. The van der Waals surface area contributed by atoms with Crippen molar-refractivity contribution in [2.24, 2.45) is 5.10 Å². The van der Waals surface area contributed by atoms with E-state index in [0.717, 1.165) is 21.3 Å². The van der Waals surface area contributed by atoms with Crippen LogP contribution in [-0.2, 0) is 11.2 Å². The monoisotopic (exact) mass is 384 g/mol. The van der Waals surface area contributed by atoms with Crippen LogP contribution in [0.5, 0.6) is 0 Å². The Bertz CT molecular complexity index is 895. The molecule has 0 saturated heterocycles. The SMILES string of the molecule is CC(C)(C)c1ccc(/C=N/n2cnnc2SCc2ccccc2Cl)cc1. The lowest BCUT2D eigenvalue weighted by Gasteiger charge is -2.18. The van der Waals surface area contributed by atoms with Crippen molar-refractivity contribution in [2.75, 3.05) is 0 Å². The smallest absolute Gasteiger partial charge is 0.195 e. The molecule has 4 nitrogen and oxygen atoms in total. The second-order valence-electron chi connectivity index (χ2n) is 6.95. The molecule has 0 fully saturated rings. The van der Waals surface area contributed by atoms with Crippen molar-refractivity contribution in [3.05, 3.63) is 76.6 Å². The van der Waals surface area contributed by atoms with Gasteiger partial charge in [-0.1, -0.05) is 86.6 Å². The Morgan fingerprint density at radius 2 is 1.85 bits per heavy atom. The van der Waals surface area contributed by atoms with Gasteiger partial charge in [0.2, 0.25) is 5.16 Å². The molecule has 1 heterocycles. The van der Waals surface area contributed by atoms with Gasteiger partial charge in [0.25, 0.3) is 0 Å². The third-order valence-corrected chi connectivity index (χ3v) is 5.27. The van der Waals surface area contributed by atoms with Crippen LogP contribution >= 0.6 is 23.4 Å². The number of hydrogen-bond donors (Lipinski definition) is 0. The van der Waals surface area contributed by atoms with Gasteiger partial charge in [-0.15, -0.1) is 10.2 Å². The fourth-order valence-corrected chi connectivity index (χ4v) is 3.50.